The summed E-state index contributed by atoms with van der Waals surface area (Å²) < 4.78 is 1.98. The third kappa shape index (κ3) is 9.77. The number of hydrogen-bond donors (Lipinski definition) is 5. The zero-order chi connectivity index (χ0) is 45.1. The molecule has 0 bridgehead atoms. The summed E-state index contributed by atoms with van der Waals surface area (Å²) in [6, 6.07) is 23.0. The monoisotopic (exact) mass is 882 g/mol. The molecule has 16 heteroatoms. The zero-order valence-electron chi connectivity index (χ0n) is 36.4. The number of para-hydroxylation sites is 1. The summed E-state index contributed by atoms with van der Waals surface area (Å²) in [5.74, 6) is -0.659. The number of β-amino-alcohol motifs (C(OH)–C–C–N with tert-alkyl or cyclic N) is 1. The highest BCUT2D eigenvalue weighted by atomic mass is 32.1. The molecule has 0 saturated carbocycles. The Balaban J connectivity index is 0.839. The number of aliphatic hydroxyl groups is 1. The topological polar surface area (TPSA) is 205 Å². The summed E-state index contributed by atoms with van der Waals surface area (Å²) in [7, 11) is 0. The largest absolute Gasteiger partial charge is 0.507 e. The molecule has 3 amide bonds. The molecule has 5 heterocycles. The molecule has 3 aromatic heterocycles. The van der Waals surface area contributed by atoms with Gasteiger partial charge in [-0.3, -0.25) is 19.1 Å². The number of nitrogen functional groups attached to an aromatic ring is 1. The summed E-state index contributed by atoms with van der Waals surface area (Å²) >= 11 is 1.58. The smallest absolute Gasteiger partial charge is 0.246 e. The van der Waals surface area contributed by atoms with Crippen molar-refractivity contribution in [1.82, 2.24) is 40.5 Å². The summed E-state index contributed by atoms with van der Waals surface area (Å²) in [5.41, 5.74) is 14.8. The van der Waals surface area contributed by atoms with Crippen molar-refractivity contribution in [2.75, 3.05) is 30.3 Å². The lowest BCUT2D eigenvalue weighted by Crippen LogP contribution is -2.58. The van der Waals surface area contributed by atoms with Crippen LogP contribution in [0.3, 0.4) is 0 Å². The van der Waals surface area contributed by atoms with Crippen LogP contribution in [0.15, 0.2) is 96.8 Å². The highest BCUT2D eigenvalue weighted by molar-refractivity contribution is 7.13. The molecule has 64 heavy (non-hydrogen) atoms. The van der Waals surface area contributed by atoms with E-state index in [-0.39, 0.29) is 55.4 Å². The van der Waals surface area contributed by atoms with E-state index in [1.807, 2.05) is 105 Å². The number of rotatable bonds is 12. The second-order valence-corrected chi connectivity index (χ2v) is 18.6. The van der Waals surface area contributed by atoms with Crippen LogP contribution in [0.4, 0.5) is 11.5 Å². The Morgan fingerprint density at radius 3 is 2.34 bits per heavy atom. The first-order valence-electron chi connectivity index (χ1n) is 21.6. The number of anilines is 2. The fourth-order valence-electron chi connectivity index (χ4n) is 8.52. The SMILES string of the molecule is Cc1ncsc1-c1ccc(CNC(=O)[C@@H]2C[C@@H](O)CN2C(=O)[C@@H](NC(=O)Cc2ccc(N3CCC(n4cc(-c5cc(-c6ccccc6O)nnc5N)cn4)CC3)cc2)C(C)(C)C)cc1. The van der Waals surface area contributed by atoms with E-state index in [1.165, 1.54) is 4.90 Å². The molecule has 0 aliphatic carbocycles. The molecule has 6 N–H and O–H groups in total. The van der Waals surface area contributed by atoms with Gasteiger partial charge in [0.25, 0.3) is 0 Å². The number of aryl methyl sites for hydroxylation is 1. The van der Waals surface area contributed by atoms with Gasteiger partial charge in [0.1, 0.15) is 17.8 Å². The highest BCUT2D eigenvalue weighted by Crippen LogP contribution is 2.34. The maximum Gasteiger partial charge on any atom is 0.246 e. The minimum absolute atomic E-state index is 0.00508. The molecule has 2 aliphatic rings. The van der Waals surface area contributed by atoms with E-state index in [0.717, 1.165) is 64.4 Å². The number of carbonyl (C=O) groups is 3. The molecule has 6 aromatic rings. The Labute approximate surface area is 376 Å². The van der Waals surface area contributed by atoms with Crippen LogP contribution in [0.25, 0.3) is 32.8 Å². The third-order valence-electron chi connectivity index (χ3n) is 12.1. The van der Waals surface area contributed by atoms with Crippen molar-refractivity contribution in [2.24, 2.45) is 5.41 Å². The number of phenolic OH excluding ortho intramolecular Hbond substituents is 1. The predicted octanol–water partition coefficient (Wildman–Crippen LogP) is 5.92. The van der Waals surface area contributed by atoms with Gasteiger partial charge in [0.2, 0.25) is 17.7 Å². The predicted molar refractivity (Wildman–Crippen MR) is 247 cm³/mol. The van der Waals surface area contributed by atoms with Crippen molar-refractivity contribution in [3.63, 3.8) is 0 Å². The quantitative estimate of drug-likeness (QED) is 0.0976. The second-order valence-electron chi connectivity index (χ2n) is 17.8. The van der Waals surface area contributed by atoms with E-state index in [4.69, 9.17) is 5.73 Å². The Hall–Kier alpha value is -6.65. The number of nitrogens with zero attached hydrogens (tertiary/aromatic N) is 7. The first kappa shape index (κ1) is 44.0. The minimum atomic E-state index is -0.922. The summed E-state index contributed by atoms with van der Waals surface area (Å²) in [4.78, 5) is 50.4. The molecule has 332 valence electrons. The van der Waals surface area contributed by atoms with Gasteiger partial charge in [-0.2, -0.15) is 5.10 Å². The maximum atomic E-state index is 14.2. The molecule has 3 atom stereocenters. The van der Waals surface area contributed by atoms with Crippen LogP contribution in [0, 0.1) is 12.3 Å². The third-order valence-corrected chi connectivity index (χ3v) is 13.1. The van der Waals surface area contributed by atoms with Gasteiger partial charge in [0.05, 0.1) is 46.5 Å². The molecule has 8 rings (SSSR count). The number of aromatic hydroxyl groups is 1. The number of nitrogens with one attached hydrogen (secondary N) is 2. The van der Waals surface area contributed by atoms with Gasteiger partial charge in [0.15, 0.2) is 5.82 Å². The number of phenols is 1. The van der Waals surface area contributed by atoms with Gasteiger partial charge in [-0.1, -0.05) is 69.3 Å². The molecule has 3 aromatic carbocycles. The van der Waals surface area contributed by atoms with E-state index in [2.05, 4.69) is 35.8 Å². The van der Waals surface area contributed by atoms with Crippen LogP contribution in [-0.4, -0.2) is 95.6 Å². The molecule has 2 aliphatic heterocycles. The number of benzene rings is 3. The van der Waals surface area contributed by atoms with E-state index in [9.17, 15) is 24.6 Å². The van der Waals surface area contributed by atoms with Gasteiger partial charge in [-0.15, -0.1) is 21.5 Å². The molecular weight excluding hydrogens is 829 g/mol. The molecule has 0 spiro atoms. The molecule has 2 fully saturated rings. The Kier molecular flexibility index (Phi) is 12.8. The van der Waals surface area contributed by atoms with Crippen molar-refractivity contribution in [3.8, 4) is 38.6 Å². The lowest BCUT2D eigenvalue weighted by atomic mass is 9.85. The Morgan fingerprint density at radius 2 is 1.66 bits per heavy atom. The van der Waals surface area contributed by atoms with Gasteiger partial charge in [-0.25, -0.2) is 4.98 Å². The molecule has 2 saturated heterocycles. The van der Waals surface area contributed by atoms with E-state index in [1.54, 1.807) is 35.7 Å². The number of hydrogen-bond acceptors (Lipinski definition) is 12. The first-order chi connectivity index (χ1) is 30.7. The van der Waals surface area contributed by atoms with Gasteiger partial charge >= 0.3 is 0 Å². The number of aromatic nitrogens is 5. The van der Waals surface area contributed by atoms with Crippen LogP contribution in [0.1, 0.15) is 62.9 Å². The lowest BCUT2D eigenvalue weighted by molar-refractivity contribution is -0.144. The number of piperidine rings is 1. The molecular formula is C48H54N10O5S. The maximum absolute atomic E-state index is 14.2. The molecule has 0 radical (unpaired) electrons. The Bertz CT molecular complexity index is 2610. The van der Waals surface area contributed by atoms with Gasteiger partial charge in [-0.05, 0) is 72.2 Å². The lowest BCUT2D eigenvalue weighted by Gasteiger charge is -2.35. The number of nitrogens with two attached hydrogens (primary N) is 1. The average Bonchev–Trinajstić information content (AvgIpc) is 4.05. The first-order valence-corrected chi connectivity index (χ1v) is 22.4. The zero-order valence-corrected chi connectivity index (χ0v) is 37.3. The number of thiazole rings is 1. The van der Waals surface area contributed by atoms with Crippen molar-refractivity contribution < 1.29 is 24.6 Å². The molecule has 15 nitrogen and oxygen atoms in total. The van der Waals surface area contributed by atoms with E-state index >= 15 is 0 Å². The van der Waals surface area contributed by atoms with Gasteiger partial charge in [0, 0.05) is 61.2 Å². The van der Waals surface area contributed by atoms with Crippen molar-refractivity contribution in [3.05, 3.63) is 114 Å². The van der Waals surface area contributed by atoms with Crippen LogP contribution in [0.5, 0.6) is 5.75 Å². The van der Waals surface area contributed by atoms with Crippen molar-refractivity contribution in [1.29, 1.82) is 0 Å². The summed E-state index contributed by atoms with van der Waals surface area (Å²) in [5, 5.41) is 39.9. The minimum Gasteiger partial charge on any atom is -0.507 e. The second kappa shape index (κ2) is 18.6. The highest BCUT2D eigenvalue weighted by Gasteiger charge is 2.44. The Morgan fingerprint density at radius 1 is 0.938 bits per heavy atom. The number of likely N-dealkylation sites (tertiary alicyclic amines) is 1. The number of aliphatic hydroxyl groups excluding tert-OH is 1. The summed E-state index contributed by atoms with van der Waals surface area (Å²) in [6.07, 6.45) is 4.84. The normalized spacial score (nSPS) is 17.3. The number of amides is 3. The molecule has 0 unspecified atom stereocenters. The van der Waals surface area contributed by atoms with Crippen LogP contribution in [0.2, 0.25) is 0 Å². The van der Waals surface area contributed by atoms with Crippen LogP contribution < -0.4 is 21.3 Å². The van der Waals surface area contributed by atoms with Crippen LogP contribution in [-0.2, 0) is 27.3 Å². The van der Waals surface area contributed by atoms with E-state index < -0.39 is 29.5 Å². The van der Waals surface area contributed by atoms with Crippen LogP contribution >= 0.6 is 11.3 Å². The van der Waals surface area contributed by atoms with E-state index in [0.29, 0.717) is 16.8 Å². The fraction of sp³-hybridized carbons (Fsp3) is 0.354. The average molecular weight is 883 g/mol. The summed E-state index contributed by atoms with van der Waals surface area (Å²) in [6.45, 7) is 9.51. The fourth-order valence-corrected chi connectivity index (χ4v) is 9.33. The number of carbonyl (C=O) groups excluding carboxylic acids is 3. The van der Waals surface area contributed by atoms with Gasteiger partial charge < -0.3 is 36.4 Å². The van der Waals surface area contributed by atoms with Crippen molar-refractivity contribution >= 4 is 40.6 Å². The standard InChI is InChI=1S/C48H54N10O5S/c1-29-43(64-28-51-29)32-13-9-31(10-14-32)24-50-46(62)40-22-36(59)27-57(40)47(63)44(48(2,3)4)53-42(61)21-30-11-15-34(16-12-30)56-19-17-35(18-20-56)58-26-33(25-52-58)38-23-39(54-55-45(38)49)37-7-5-6-8-41(37)60/h5-16,23,25-26,28,35-36,40,44,59-60H,17-22,24,27H2,1-4H3,(H2,49,55)(H,50,62)(H,53,61)/t36-,40+,44-/m1/s1. The van der Waals surface area contributed by atoms with Crippen molar-refractivity contribution in [2.45, 2.75) is 84.2 Å².